The van der Waals surface area contributed by atoms with Gasteiger partial charge in [-0.05, 0) is 60.7 Å². The van der Waals surface area contributed by atoms with Gasteiger partial charge in [-0.15, -0.1) is 0 Å². The van der Waals surface area contributed by atoms with Crippen molar-refractivity contribution >= 4 is 49.9 Å². The topological polar surface area (TPSA) is 88.4 Å². The van der Waals surface area contributed by atoms with Crippen LogP contribution >= 0.6 is 0 Å². The normalized spacial score (nSPS) is 14.9. The van der Waals surface area contributed by atoms with Crippen molar-refractivity contribution in [2.24, 2.45) is 0 Å². The molecule has 0 unspecified atom stereocenters. The number of anilines is 2. The predicted octanol–water partition coefficient (Wildman–Crippen LogP) is 5.75. The zero-order valence-corrected chi connectivity index (χ0v) is 18.0. The van der Waals surface area contributed by atoms with Crippen molar-refractivity contribution in [3.05, 3.63) is 89.7 Å². The van der Waals surface area contributed by atoms with Gasteiger partial charge in [-0.1, -0.05) is 18.2 Å². The quantitative estimate of drug-likeness (QED) is 0.361. The Balaban J connectivity index is 1.47. The molecule has 1 aliphatic rings. The molecular weight excluding hydrogens is 469 g/mol. The number of halogens is 3. The fraction of sp³-hybridized carbons (Fsp3) is 0.0417. The van der Waals surface area contributed by atoms with Crippen LogP contribution in [0, 0.1) is 0 Å². The molecule has 10 heteroatoms. The van der Waals surface area contributed by atoms with Crippen LogP contribution in [0.25, 0.3) is 22.6 Å². The van der Waals surface area contributed by atoms with Crippen molar-refractivity contribution in [1.82, 2.24) is 0 Å². The summed E-state index contributed by atoms with van der Waals surface area (Å²) < 4.78 is 72.0. The van der Waals surface area contributed by atoms with Crippen LogP contribution in [-0.4, -0.2) is 14.3 Å². The SMILES string of the molecule is O=C1Nc2ccc(S(=O)(=O)Nc3ccc(C(F)(F)F)cc3)cc2C1=Cc1cc2ccccc2o1. The van der Waals surface area contributed by atoms with Crippen LogP contribution in [0.2, 0.25) is 0 Å². The van der Waals surface area contributed by atoms with Crippen molar-refractivity contribution in [3.63, 3.8) is 0 Å². The van der Waals surface area contributed by atoms with Gasteiger partial charge in [0.25, 0.3) is 15.9 Å². The summed E-state index contributed by atoms with van der Waals surface area (Å²) in [6.07, 6.45) is -3.00. The van der Waals surface area contributed by atoms with Gasteiger partial charge in [0.1, 0.15) is 11.3 Å². The first kappa shape index (κ1) is 21.8. The molecule has 0 aliphatic carbocycles. The molecule has 1 aromatic heterocycles. The van der Waals surface area contributed by atoms with Crippen molar-refractivity contribution in [2.45, 2.75) is 11.1 Å². The van der Waals surface area contributed by atoms with Crippen LogP contribution in [0.3, 0.4) is 0 Å². The maximum atomic E-state index is 12.9. The lowest BCUT2D eigenvalue weighted by molar-refractivity contribution is -0.137. The number of nitrogens with one attached hydrogen (secondary N) is 2. The Labute approximate surface area is 191 Å². The molecule has 0 spiro atoms. The molecule has 1 aliphatic heterocycles. The standard InChI is InChI=1S/C24H15F3N2O4S/c25-24(26,27)15-5-7-16(8-6-15)29-34(31,32)18-9-10-21-19(13-18)20(23(30)28-21)12-17-11-14-3-1-2-4-22(14)33-17/h1-13,29H,(H,28,30). The molecule has 0 saturated heterocycles. The van der Waals surface area contributed by atoms with Crippen molar-refractivity contribution < 1.29 is 30.8 Å². The number of amides is 1. The van der Waals surface area contributed by atoms with Crippen molar-refractivity contribution in [1.29, 1.82) is 0 Å². The van der Waals surface area contributed by atoms with Crippen LogP contribution in [0.5, 0.6) is 0 Å². The minimum absolute atomic E-state index is 0.0271. The van der Waals surface area contributed by atoms with E-state index in [1.807, 2.05) is 18.2 Å². The van der Waals surface area contributed by atoms with Crippen molar-refractivity contribution in [2.75, 3.05) is 10.0 Å². The first-order chi connectivity index (χ1) is 16.1. The number of furan rings is 1. The molecule has 0 radical (unpaired) electrons. The number of carbonyl (C=O) groups excluding carboxylic acids is 1. The highest BCUT2D eigenvalue weighted by molar-refractivity contribution is 7.92. The molecule has 0 fully saturated rings. The fourth-order valence-electron chi connectivity index (χ4n) is 3.63. The maximum absolute atomic E-state index is 12.9. The second-order valence-corrected chi connectivity index (χ2v) is 9.27. The van der Waals surface area contributed by atoms with E-state index in [1.165, 1.54) is 24.3 Å². The molecule has 6 nitrogen and oxygen atoms in total. The van der Waals surface area contributed by atoms with Crippen LogP contribution in [0.4, 0.5) is 24.5 Å². The third-order valence-corrected chi connectivity index (χ3v) is 6.66. The summed E-state index contributed by atoms with van der Waals surface area (Å²) in [5.74, 6) is 0.0102. The van der Waals surface area contributed by atoms with E-state index in [0.29, 0.717) is 22.6 Å². The molecule has 0 bridgehead atoms. The zero-order valence-electron chi connectivity index (χ0n) is 17.2. The molecule has 2 heterocycles. The van der Waals surface area contributed by atoms with E-state index < -0.39 is 27.7 Å². The maximum Gasteiger partial charge on any atom is 0.416 e. The smallest absolute Gasteiger partial charge is 0.416 e. The van der Waals surface area contributed by atoms with Crippen molar-refractivity contribution in [3.8, 4) is 0 Å². The number of hydrogen-bond donors (Lipinski definition) is 2. The Bertz CT molecular complexity index is 1540. The number of sulfonamides is 1. The highest BCUT2D eigenvalue weighted by Gasteiger charge is 2.30. The fourth-order valence-corrected chi connectivity index (χ4v) is 4.72. The molecule has 5 rings (SSSR count). The molecule has 34 heavy (non-hydrogen) atoms. The van der Waals surface area contributed by atoms with Gasteiger partial charge < -0.3 is 9.73 Å². The molecule has 0 saturated carbocycles. The monoisotopic (exact) mass is 484 g/mol. The highest BCUT2D eigenvalue weighted by atomic mass is 32.2. The average molecular weight is 484 g/mol. The largest absolute Gasteiger partial charge is 0.457 e. The van der Waals surface area contributed by atoms with Crippen LogP contribution < -0.4 is 10.0 Å². The Kier molecular flexibility index (Phi) is 4.98. The van der Waals surface area contributed by atoms with Crippen LogP contribution in [-0.2, 0) is 21.0 Å². The summed E-state index contributed by atoms with van der Waals surface area (Å²) in [4.78, 5) is 12.4. The lowest BCUT2D eigenvalue weighted by atomic mass is 10.1. The van der Waals surface area contributed by atoms with Gasteiger partial charge >= 0.3 is 6.18 Å². The molecule has 0 atom stereocenters. The van der Waals surface area contributed by atoms with Crippen LogP contribution in [0.15, 0.2) is 82.1 Å². The number of rotatable bonds is 4. The lowest BCUT2D eigenvalue weighted by Crippen LogP contribution is -2.13. The van der Waals surface area contributed by atoms with E-state index in [9.17, 15) is 26.4 Å². The Morgan fingerprint density at radius 2 is 1.68 bits per heavy atom. The first-order valence-corrected chi connectivity index (χ1v) is 11.4. The van der Waals surface area contributed by atoms with E-state index >= 15 is 0 Å². The Morgan fingerprint density at radius 1 is 0.941 bits per heavy atom. The van der Waals surface area contributed by atoms with Gasteiger partial charge in [-0.2, -0.15) is 13.2 Å². The van der Waals surface area contributed by atoms with E-state index in [1.54, 1.807) is 12.1 Å². The second kappa shape index (κ2) is 7.77. The lowest BCUT2D eigenvalue weighted by Gasteiger charge is -2.11. The Hall–Kier alpha value is -4.05. The number of fused-ring (bicyclic) bond motifs is 2. The van der Waals surface area contributed by atoms with Gasteiger partial charge in [0, 0.05) is 22.3 Å². The minimum atomic E-state index is -4.53. The van der Waals surface area contributed by atoms with E-state index in [0.717, 1.165) is 29.7 Å². The Morgan fingerprint density at radius 3 is 2.38 bits per heavy atom. The van der Waals surface area contributed by atoms with Crippen LogP contribution in [0.1, 0.15) is 16.9 Å². The zero-order chi connectivity index (χ0) is 24.1. The van der Waals surface area contributed by atoms with Gasteiger partial charge in [0.05, 0.1) is 16.0 Å². The van der Waals surface area contributed by atoms with Gasteiger partial charge in [-0.25, -0.2) is 8.42 Å². The summed E-state index contributed by atoms with van der Waals surface area (Å²) in [5.41, 5.74) is 0.742. The number of hydrogen-bond acceptors (Lipinski definition) is 4. The number of carbonyl (C=O) groups is 1. The van der Waals surface area contributed by atoms with E-state index in [4.69, 9.17) is 4.42 Å². The number of benzene rings is 3. The second-order valence-electron chi connectivity index (χ2n) is 7.59. The van der Waals surface area contributed by atoms with Gasteiger partial charge in [-0.3, -0.25) is 9.52 Å². The number of para-hydroxylation sites is 1. The predicted molar refractivity (Wildman–Crippen MR) is 121 cm³/mol. The summed E-state index contributed by atoms with van der Waals surface area (Å²) in [6.45, 7) is 0. The average Bonchev–Trinajstić information content (AvgIpc) is 3.33. The summed E-state index contributed by atoms with van der Waals surface area (Å²) >= 11 is 0. The number of alkyl halides is 3. The highest BCUT2D eigenvalue weighted by Crippen LogP contribution is 2.36. The molecule has 3 aromatic carbocycles. The molecule has 2 N–H and O–H groups in total. The van der Waals surface area contributed by atoms with Gasteiger partial charge in [0.15, 0.2) is 0 Å². The molecule has 172 valence electrons. The summed E-state index contributed by atoms with van der Waals surface area (Å²) in [7, 11) is -4.14. The summed E-state index contributed by atoms with van der Waals surface area (Å²) in [6, 6.07) is 16.8. The van der Waals surface area contributed by atoms with E-state index in [2.05, 4.69) is 10.0 Å². The molecule has 4 aromatic rings. The van der Waals surface area contributed by atoms with E-state index in [-0.39, 0.29) is 16.2 Å². The molecular formula is C24H15F3N2O4S. The molecule has 1 amide bonds. The third-order valence-electron chi connectivity index (χ3n) is 5.28. The first-order valence-electron chi connectivity index (χ1n) is 9.96. The summed E-state index contributed by atoms with van der Waals surface area (Å²) in [5, 5.41) is 3.53. The third kappa shape index (κ3) is 4.03. The minimum Gasteiger partial charge on any atom is -0.457 e. The van der Waals surface area contributed by atoms with Gasteiger partial charge in [0.2, 0.25) is 0 Å².